The molecule has 0 spiro atoms. The van der Waals surface area contributed by atoms with Crippen LogP contribution in [0.2, 0.25) is 0 Å². The molecule has 3 aliphatic rings. The first-order valence-corrected chi connectivity index (χ1v) is 8.94. The summed E-state index contributed by atoms with van der Waals surface area (Å²) in [7, 11) is 0. The first-order valence-electron chi connectivity index (χ1n) is 7.24. The molecule has 5 rings (SSSR count). The molecule has 2 aliphatic carbocycles. The predicted molar refractivity (Wildman–Crippen MR) is 79.5 cm³/mol. The highest BCUT2D eigenvalue weighted by Gasteiger charge is 2.55. The highest BCUT2D eigenvalue weighted by molar-refractivity contribution is 8.00. The van der Waals surface area contributed by atoms with E-state index in [2.05, 4.69) is 11.1 Å². The van der Waals surface area contributed by atoms with E-state index in [9.17, 15) is 4.79 Å². The summed E-state index contributed by atoms with van der Waals surface area (Å²) in [5, 5.41) is 1.77. The summed E-state index contributed by atoms with van der Waals surface area (Å²) in [5.41, 5.74) is 0. The molecule has 0 amide bonds. The van der Waals surface area contributed by atoms with Crippen molar-refractivity contribution in [3.8, 4) is 0 Å². The molecule has 0 aromatic carbocycles. The van der Waals surface area contributed by atoms with Gasteiger partial charge in [-0.3, -0.25) is 4.79 Å². The van der Waals surface area contributed by atoms with Crippen LogP contribution in [0.1, 0.15) is 35.8 Å². The van der Waals surface area contributed by atoms with Crippen LogP contribution >= 0.6 is 23.1 Å². The summed E-state index contributed by atoms with van der Waals surface area (Å²) in [4.78, 5) is 16.1. The lowest BCUT2D eigenvalue weighted by molar-refractivity contribution is 0.283. The van der Waals surface area contributed by atoms with E-state index in [4.69, 9.17) is 4.42 Å². The largest absolute Gasteiger partial charge is 0.469 e. The lowest BCUT2D eigenvalue weighted by atomic mass is 9.77. The standard InChI is InChI=1S/C15H15NO2S2/c17-15-16-14-13(20-15)11(9-2-1-5-18-9)10-7-3-4-8(6-7)12(10)19-14/h1-2,5,7-8,10-12H,3-4,6H2,(H,16,17)/t7-,8-,10-,11+,12-/m1/s1. The second-order valence-electron chi connectivity index (χ2n) is 6.19. The molecule has 3 nitrogen and oxygen atoms in total. The number of aromatic amines is 1. The van der Waals surface area contributed by atoms with Crippen LogP contribution in [0.4, 0.5) is 0 Å². The van der Waals surface area contributed by atoms with Gasteiger partial charge in [-0.25, -0.2) is 0 Å². The van der Waals surface area contributed by atoms with E-state index in [0.717, 1.165) is 22.6 Å². The van der Waals surface area contributed by atoms with Crippen LogP contribution in [0.5, 0.6) is 0 Å². The number of thioether (sulfide) groups is 1. The average Bonchev–Trinajstić information content (AvgIpc) is 3.19. The smallest absolute Gasteiger partial charge is 0.305 e. The van der Waals surface area contributed by atoms with Crippen molar-refractivity contribution in [2.45, 2.75) is 35.5 Å². The molecule has 5 atom stereocenters. The molecular weight excluding hydrogens is 290 g/mol. The Morgan fingerprint density at radius 3 is 3.05 bits per heavy atom. The zero-order valence-electron chi connectivity index (χ0n) is 10.9. The van der Waals surface area contributed by atoms with Crippen LogP contribution < -0.4 is 4.87 Å². The van der Waals surface area contributed by atoms with Crippen molar-refractivity contribution in [1.29, 1.82) is 0 Å². The topological polar surface area (TPSA) is 46.0 Å². The van der Waals surface area contributed by atoms with Crippen molar-refractivity contribution >= 4 is 23.1 Å². The summed E-state index contributed by atoms with van der Waals surface area (Å²) in [5.74, 6) is 3.65. The highest BCUT2D eigenvalue weighted by atomic mass is 32.2. The maximum Gasteiger partial charge on any atom is 0.305 e. The van der Waals surface area contributed by atoms with Gasteiger partial charge in [-0.2, -0.15) is 0 Å². The zero-order valence-corrected chi connectivity index (χ0v) is 12.5. The molecule has 2 saturated carbocycles. The van der Waals surface area contributed by atoms with Gasteiger partial charge >= 0.3 is 4.87 Å². The van der Waals surface area contributed by atoms with Crippen molar-refractivity contribution in [2.75, 3.05) is 0 Å². The number of fused-ring (bicyclic) bond motifs is 6. The molecule has 3 heterocycles. The number of furan rings is 1. The van der Waals surface area contributed by atoms with Crippen LogP contribution in [0, 0.1) is 17.8 Å². The van der Waals surface area contributed by atoms with Crippen molar-refractivity contribution in [3.63, 3.8) is 0 Å². The second kappa shape index (κ2) is 4.04. The summed E-state index contributed by atoms with van der Waals surface area (Å²) in [6, 6.07) is 4.05. The first kappa shape index (κ1) is 11.7. The van der Waals surface area contributed by atoms with Crippen molar-refractivity contribution in [3.05, 3.63) is 38.7 Å². The van der Waals surface area contributed by atoms with Gasteiger partial charge in [-0.1, -0.05) is 11.3 Å². The third-order valence-corrected chi connectivity index (χ3v) is 7.94. The minimum absolute atomic E-state index is 0.0753. The Hall–Kier alpha value is -0.940. The van der Waals surface area contributed by atoms with Crippen LogP contribution in [0.15, 0.2) is 32.6 Å². The van der Waals surface area contributed by atoms with Crippen LogP contribution in [-0.4, -0.2) is 10.2 Å². The minimum atomic E-state index is 0.0753. The predicted octanol–water partition coefficient (Wildman–Crippen LogP) is 3.68. The Labute approximate surface area is 124 Å². The van der Waals surface area contributed by atoms with Crippen LogP contribution in [0.3, 0.4) is 0 Å². The van der Waals surface area contributed by atoms with Gasteiger partial charge in [0, 0.05) is 5.25 Å². The number of hydrogen-bond donors (Lipinski definition) is 1. The van der Waals surface area contributed by atoms with E-state index in [1.807, 2.05) is 17.8 Å². The maximum atomic E-state index is 11.8. The van der Waals surface area contributed by atoms with Gasteiger partial charge in [0.1, 0.15) is 5.76 Å². The molecule has 2 aromatic rings. The van der Waals surface area contributed by atoms with E-state index in [1.165, 1.54) is 35.5 Å². The van der Waals surface area contributed by atoms with Gasteiger partial charge in [-0.05, 0) is 49.1 Å². The Bertz CT molecular complexity index is 702. The lowest BCUT2D eigenvalue weighted by Crippen LogP contribution is -2.33. The van der Waals surface area contributed by atoms with Gasteiger partial charge in [0.25, 0.3) is 0 Å². The van der Waals surface area contributed by atoms with E-state index < -0.39 is 0 Å². The molecule has 1 N–H and O–H groups in total. The molecule has 104 valence electrons. The van der Waals surface area contributed by atoms with Gasteiger partial charge in [-0.15, -0.1) is 11.8 Å². The van der Waals surface area contributed by atoms with Crippen molar-refractivity contribution < 1.29 is 4.42 Å². The molecule has 2 fully saturated rings. The molecule has 0 saturated heterocycles. The van der Waals surface area contributed by atoms with Crippen molar-refractivity contribution in [2.24, 2.45) is 17.8 Å². The zero-order chi connectivity index (χ0) is 13.3. The van der Waals surface area contributed by atoms with Crippen molar-refractivity contribution in [1.82, 2.24) is 4.98 Å². The Kier molecular flexibility index (Phi) is 2.36. The molecule has 2 aromatic heterocycles. The summed E-state index contributed by atoms with van der Waals surface area (Å²) in [6.07, 6.45) is 5.86. The fourth-order valence-corrected chi connectivity index (χ4v) is 7.51. The first-order chi connectivity index (χ1) is 9.81. The average molecular weight is 305 g/mol. The number of aromatic nitrogens is 1. The molecule has 0 radical (unpaired) electrons. The summed E-state index contributed by atoms with van der Waals surface area (Å²) in [6.45, 7) is 0. The number of H-pyrrole nitrogens is 1. The SMILES string of the molecule is O=c1[nH]c2c(s1)[C@@H](c1ccco1)[C@H]1[C@@H]3CC[C@H](C3)[C@H]1S2. The van der Waals surface area contributed by atoms with E-state index in [0.29, 0.717) is 17.1 Å². The molecule has 1 aliphatic heterocycles. The molecule has 5 heteroatoms. The van der Waals surface area contributed by atoms with Gasteiger partial charge < -0.3 is 9.40 Å². The van der Waals surface area contributed by atoms with Crippen LogP contribution in [-0.2, 0) is 0 Å². The van der Waals surface area contributed by atoms with E-state index >= 15 is 0 Å². The second-order valence-corrected chi connectivity index (χ2v) is 8.40. The number of hydrogen-bond acceptors (Lipinski definition) is 4. The van der Waals surface area contributed by atoms with Gasteiger partial charge in [0.05, 0.1) is 22.1 Å². The lowest BCUT2D eigenvalue weighted by Gasteiger charge is -2.38. The number of nitrogens with one attached hydrogen (secondary N) is 1. The Morgan fingerprint density at radius 2 is 2.20 bits per heavy atom. The minimum Gasteiger partial charge on any atom is -0.469 e. The molecule has 20 heavy (non-hydrogen) atoms. The highest BCUT2D eigenvalue weighted by Crippen LogP contribution is 2.63. The fourth-order valence-electron chi connectivity index (χ4n) is 4.64. The Balaban J connectivity index is 1.71. The quantitative estimate of drug-likeness (QED) is 0.874. The maximum absolute atomic E-state index is 11.8. The normalized spacial score (nSPS) is 37.9. The third-order valence-electron chi connectivity index (χ3n) is 5.32. The monoisotopic (exact) mass is 305 g/mol. The number of thiazole rings is 1. The molecule has 2 bridgehead atoms. The van der Waals surface area contributed by atoms with Crippen LogP contribution in [0.25, 0.3) is 0 Å². The third kappa shape index (κ3) is 1.45. The molecule has 0 unspecified atom stereocenters. The van der Waals surface area contributed by atoms with E-state index in [1.54, 1.807) is 6.26 Å². The molecular formula is C15H15NO2S2. The Morgan fingerprint density at radius 1 is 1.30 bits per heavy atom. The van der Waals surface area contributed by atoms with E-state index in [-0.39, 0.29) is 4.87 Å². The number of rotatable bonds is 1. The summed E-state index contributed by atoms with van der Waals surface area (Å²) < 4.78 is 5.74. The van der Waals surface area contributed by atoms with Gasteiger partial charge in [0.15, 0.2) is 0 Å². The van der Waals surface area contributed by atoms with Gasteiger partial charge in [0.2, 0.25) is 0 Å². The summed E-state index contributed by atoms with van der Waals surface area (Å²) >= 11 is 3.31. The fraction of sp³-hybridized carbons (Fsp3) is 0.533.